The highest BCUT2D eigenvalue weighted by molar-refractivity contribution is 6.00. The molecule has 0 aliphatic heterocycles. The summed E-state index contributed by atoms with van der Waals surface area (Å²) >= 11 is 0. The van der Waals surface area contributed by atoms with Crippen LogP contribution in [0.3, 0.4) is 0 Å². The van der Waals surface area contributed by atoms with Crippen LogP contribution >= 0.6 is 0 Å². The lowest BCUT2D eigenvalue weighted by atomic mass is 10.1. The average Bonchev–Trinajstić information content (AvgIpc) is 2.71. The molecule has 1 N–H and O–H groups in total. The van der Waals surface area contributed by atoms with Gasteiger partial charge in [0, 0.05) is 5.69 Å². The molecule has 0 saturated heterocycles. The molecule has 1 amide bonds. The number of anilines is 1. The van der Waals surface area contributed by atoms with Gasteiger partial charge in [-0.2, -0.15) is 0 Å². The Morgan fingerprint density at radius 1 is 0.964 bits per heavy atom. The third kappa shape index (κ3) is 5.09. The summed E-state index contributed by atoms with van der Waals surface area (Å²) in [6.45, 7) is 3.72. The molecule has 0 aromatic heterocycles. The van der Waals surface area contributed by atoms with Crippen LogP contribution in [0.25, 0.3) is 0 Å². The number of hydrogen-bond donors (Lipinski definition) is 1. The Morgan fingerprint density at radius 2 is 1.54 bits per heavy atom. The second kappa shape index (κ2) is 9.55. The first-order valence-corrected chi connectivity index (χ1v) is 8.74. The van der Waals surface area contributed by atoms with E-state index in [1.165, 1.54) is 32.4 Å². The van der Waals surface area contributed by atoms with E-state index in [0.717, 1.165) is 5.56 Å². The highest BCUT2D eigenvalue weighted by Gasteiger charge is 2.21. The Bertz CT molecular complexity index is 843. The molecule has 148 valence electrons. The molecule has 1 atom stereocenters. The molecule has 0 radical (unpaired) electrons. The van der Waals surface area contributed by atoms with Crippen molar-refractivity contribution in [2.45, 2.75) is 26.4 Å². The van der Waals surface area contributed by atoms with Crippen LogP contribution in [0.1, 0.15) is 39.6 Å². The average molecular weight is 385 g/mol. The molecule has 28 heavy (non-hydrogen) atoms. The van der Waals surface area contributed by atoms with Gasteiger partial charge in [0.2, 0.25) is 0 Å². The molecular weight excluding hydrogens is 362 g/mol. The van der Waals surface area contributed by atoms with E-state index in [2.05, 4.69) is 5.32 Å². The molecule has 0 unspecified atom stereocenters. The maximum Gasteiger partial charge on any atom is 0.337 e. The third-order valence-electron chi connectivity index (χ3n) is 4.07. The number of nitrogens with one attached hydrogen (secondary N) is 1. The second-order valence-corrected chi connectivity index (χ2v) is 6.05. The van der Waals surface area contributed by atoms with Crippen LogP contribution in [0.2, 0.25) is 0 Å². The zero-order valence-electron chi connectivity index (χ0n) is 16.3. The van der Waals surface area contributed by atoms with Gasteiger partial charge in [0.15, 0.2) is 6.10 Å². The molecule has 0 aliphatic carbocycles. The van der Waals surface area contributed by atoms with Crippen molar-refractivity contribution in [2.24, 2.45) is 0 Å². The predicted octanol–water partition coefficient (Wildman–Crippen LogP) is 3.36. The van der Waals surface area contributed by atoms with Crippen LogP contribution in [0.5, 0.6) is 5.75 Å². The minimum absolute atomic E-state index is 0.119. The number of para-hydroxylation sites is 1. The Hall–Kier alpha value is -3.35. The van der Waals surface area contributed by atoms with Crippen molar-refractivity contribution in [3.8, 4) is 5.75 Å². The number of aryl methyl sites for hydroxylation is 1. The molecule has 0 bridgehead atoms. The summed E-state index contributed by atoms with van der Waals surface area (Å²) in [5.74, 6) is -1.06. The minimum atomic E-state index is -0.746. The van der Waals surface area contributed by atoms with Crippen LogP contribution in [0.4, 0.5) is 5.69 Å². The fourth-order valence-corrected chi connectivity index (χ4v) is 2.56. The van der Waals surface area contributed by atoms with Gasteiger partial charge in [-0.3, -0.25) is 4.79 Å². The Labute approximate surface area is 163 Å². The summed E-state index contributed by atoms with van der Waals surface area (Å²) in [4.78, 5) is 36.4. The van der Waals surface area contributed by atoms with E-state index in [0.29, 0.717) is 12.2 Å². The number of hydrogen-bond acceptors (Lipinski definition) is 6. The van der Waals surface area contributed by atoms with Gasteiger partial charge < -0.3 is 19.5 Å². The molecule has 0 fully saturated rings. The normalized spacial score (nSPS) is 11.3. The molecule has 7 nitrogen and oxygen atoms in total. The number of rotatable bonds is 7. The molecule has 2 aromatic rings. The topological polar surface area (TPSA) is 90.9 Å². The van der Waals surface area contributed by atoms with E-state index in [9.17, 15) is 14.4 Å². The van der Waals surface area contributed by atoms with E-state index in [-0.39, 0.29) is 16.8 Å². The van der Waals surface area contributed by atoms with Crippen molar-refractivity contribution in [1.82, 2.24) is 0 Å². The van der Waals surface area contributed by atoms with Crippen molar-refractivity contribution in [3.05, 3.63) is 59.2 Å². The number of carbonyl (C=O) groups is 3. The fraction of sp³-hybridized carbons (Fsp3) is 0.286. The SMILES string of the molecule is CC[C@@H](Oc1ccccc1C)C(=O)Nc1cc(C(=O)OC)cc(C(=O)OC)c1. The monoisotopic (exact) mass is 385 g/mol. The van der Waals surface area contributed by atoms with Gasteiger partial charge in [0.1, 0.15) is 5.75 Å². The van der Waals surface area contributed by atoms with Gasteiger partial charge in [-0.1, -0.05) is 25.1 Å². The van der Waals surface area contributed by atoms with E-state index < -0.39 is 23.9 Å². The van der Waals surface area contributed by atoms with Gasteiger partial charge in [-0.05, 0) is 43.2 Å². The molecule has 0 saturated carbocycles. The molecule has 2 aromatic carbocycles. The molecule has 7 heteroatoms. The van der Waals surface area contributed by atoms with Crippen LogP contribution < -0.4 is 10.1 Å². The highest BCUT2D eigenvalue weighted by atomic mass is 16.5. The molecule has 2 rings (SSSR count). The first-order chi connectivity index (χ1) is 13.4. The first-order valence-electron chi connectivity index (χ1n) is 8.74. The summed E-state index contributed by atoms with van der Waals surface area (Å²) in [5, 5.41) is 2.69. The van der Waals surface area contributed by atoms with Crippen molar-refractivity contribution >= 4 is 23.5 Å². The van der Waals surface area contributed by atoms with Gasteiger partial charge >= 0.3 is 11.9 Å². The molecule has 0 spiro atoms. The summed E-state index contributed by atoms with van der Waals surface area (Å²) in [6, 6.07) is 11.6. The number of amides is 1. The van der Waals surface area contributed by atoms with E-state index in [4.69, 9.17) is 14.2 Å². The van der Waals surface area contributed by atoms with E-state index in [1.807, 2.05) is 32.0 Å². The lowest BCUT2D eigenvalue weighted by Crippen LogP contribution is -2.32. The lowest BCUT2D eigenvalue weighted by Gasteiger charge is -2.19. The second-order valence-electron chi connectivity index (χ2n) is 6.05. The van der Waals surface area contributed by atoms with E-state index >= 15 is 0 Å². The maximum atomic E-state index is 12.7. The van der Waals surface area contributed by atoms with Gasteiger partial charge in [-0.25, -0.2) is 9.59 Å². The van der Waals surface area contributed by atoms with Crippen molar-refractivity contribution in [3.63, 3.8) is 0 Å². The zero-order chi connectivity index (χ0) is 20.7. The van der Waals surface area contributed by atoms with Crippen LogP contribution in [-0.2, 0) is 14.3 Å². The van der Waals surface area contributed by atoms with Crippen molar-refractivity contribution in [1.29, 1.82) is 0 Å². The maximum absolute atomic E-state index is 12.7. The number of ether oxygens (including phenoxy) is 3. The summed E-state index contributed by atoms with van der Waals surface area (Å²) in [6.07, 6.45) is -0.315. The van der Waals surface area contributed by atoms with Gasteiger partial charge in [0.05, 0.1) is 25.3 Å². The zero-order valence-corrected chi connectivity index (χ0v) is 16.3. The fourth-order valence-electron chi connectivity index (χ4n) is 2.56. The quantitative estimate of drug-likeness (QED) is 0.735. The first kappa shape index (κ1) is 21.0. The predicted molar refractivity (Wildman–Crippen MR) is 104 cm³/mol. The Kier molecular flexibility index (Phi) is 7.14. The molecular formula is C21H23NO6. The number of benzene rings is 2. The Balaban J connectivity index is 2.26. The summed E-state index contributed by atoms with van der Waals surface area (Å²) in [7, 11) is 2.46. The highest BCUT2D eigenvalue weighted by Crippen LogP contribution is 2.21. The number of carbonyl (C=O) groups excluding carboxylic acids is 3. The van der Waals surface area contributed by atoms with E-state index in [1.54, 1.807) is 6.07 Å². The summed E-state index contributed by atoms with van der Waals surface area (Å²) in [5.41, 5.74) is 1.41. The van der Waals surface area contributed by atoms with Crippen LogP contribution in [0, 0.1) is 6.92 Å². The Morgan fingerprint density at radius 3 is 2.04 bits per heavy atom. The largest absolute Gasteiger partial charge is 0.480 e. The van der Waals surface area contributed by atoms with Gasteiger partial charge in [-0.15, -0.1) is 0 Å². The molecule has 0 aliphatic rings. The van der Waals surface area contributed by atoms with Crippen molar-refractivity contribution in [2.75, 3.05) is 19.5 Å². The third-order valence-corrected chi connectivity index (χ3v) is 4.07. The number of esters is 2. The number of methoxy groups -OCH3 is 2. The summed E-state index contributed by atoms with van der Waals surface area (Å²) < 4.78 is 15.2. The smallest absolute Gasteiger partial charge is 0.337 e. The van der Waals surface area contributed by atoms with Crippen LogP contribution in [0.15, 0.2) is 42.5 Å². The lowest BCUT2D eigenvalue weighted by molar-refractivity contribution is -0.122. The van der Waals surface area contributed by atoms with Crippen molar-refractivity contribution < 1.29 is 28.6 Å². The molecule has 0 heterocycles. The standard InChI is InChI=1S/C21H23NO6/c1-5-17(28-18-9-7-6-8-13(18)2)19(23)22-16-11-14(20(24)26-3)10-15(12-16)21(25)27-4/h6-12,17H,5H2,1-4H3,(H,22,23)/t17-/m1/s1. The minimum Gasteiger partial charge on any atom is -0.480 e. The van der Waals surface area contributed by atoms with Gasteiger partial charge in [0.25, 0.3) is 5.91 Å². The van der Waals surface area contributed by atoms with Crippen LogP contribution in [-0.4, -0.2) is 38.2 Å².